The lowest BCUT2D eigenvalue weighted by atomic mass is 10.1. The molecule has 0 fully saturated rings. The summed E-state index contributed by atoms with van der Waals surface area (Å²) in [6.07, 6.45) is 6.02. The molecule has 0 spiro atoms. The maximum atomic E-state index is 5.90. The fourth-order valence-corrected chi connectivity index (χ4v) is 2.38. The number of fused-ring (bicyclic) bond motifs is 1. The zero-order chi connectivity index (χ0) is 12.4. The highest BCUT2D eigenvalue weighted by Gasteiger charge is 2.29. The number of thiocarbonyl (C=S) groups is 1. The van der Waals surface area contributed by atoms with E-state index in [0.717, 1.165) is 24.4 Å². The van der Waals surface area contributed by atoms with Crippen LogP contribution in [0.25, 0.3) is 0 Å². The lowest BCUT2D eigenvalue weighted by molar-refractivity contribution is 0.204. The van der Waals surface area contributed by atoms with Crippen molar-refractivity contribution in [1.29, 1.82) is 0 Å². The normalized spacial score (nSPS) is 17.9. The van der Waals surface area contributed by atoms with Crippen molar-refractivity contribution in [2.45, 2.75) is 52.1 Å². The number of unbranched alkanes of at least 4 members (excludes halogenated alkanes) is 2. The summed E-state index contributed by atoms with van der Waals surface area (Å²) in [5.41, 5.74) is 7.76. The van der Waals surface area contributed by atoms with Gasteiger partial charge in [0.15, 0.2) is 5.11 Å². The van der Waals surface area contributed by atoms with Gasteiger partial charge in [-0.1, -0.05) is 19.8 Å². The van der Waals surface area contributed by atoms with E-state index in [-0.39, 0.29) is 11.2 Å². The minimum absolute atomic E-state index is 0.253. The summed E-state index contributed by atoms with van der Waals surface area (Å²) in [7, 11) is 0. The first-order valence-corrected chi connectivity index (χ1v) is 6.59. The Hall–Kier alpha value is -1.10. The second kappa shape index (κ2) is 5.04. The van der Waals surface area contributed by atoms with Gasteiger partial charge in [0.2, 0.25) is 5.88 Å². The van der Waals surface area contributed by atoms with Gasteiger partial charge in [0, 0.05) is 12.0 Å². The van der Waals surface area contributed by atoms with Crippen molar-refractivity contribution in [2.75, 3.05) is 0 Å². The number of hydrogen-bond acceptors (Lipinski definition) is 3. The summed E-state index contributed by atoms with van der Waals surface area (Å²) < 4.78 is 7.44. The number of nitrogens with two attached hydrogens (primary N) is 1. The Bertz CT molecular complexity index is 428. The molecule has 5 heteroatoms. The molecule has 0 radical (unpaired) electrons. The number of nitrogens with zero attached hydrogens (tertiary/aromatic N) is 2. The second-order valence-corrected chi connectivity index (χ2v) is 4.98. The fraction of sp³-hybridized carbons (Fsp3) is 0.667. The van der Waals surface area contributed by atoms with Crippen LogP contribution in [0.2, 0.25) is 0 Å². The molecule has 4 nitrogen and oxygen atoms in total. The molecule has 1 unspecified atom stereocenters. The van der Waals surface area contributed by atoms with Gasteiger partial charge in [0.05, 0.1) is 5.69 Å². The van der Waals surface area contributed by atoms with Gasteiger partial charge >= 0.3 is 0 Å². The molecule has 1 aromatic rings. The number of hydrogen-bond donors (Lipinski definition) is 1. The van der Waals surface area contributed by atoms with Gasteiger partial charge in [-0.25, -0.2) is 0 Å². The van der Waals surface area contributed by atoms with Gasteiger partial charge in [0.1, 0.15) is 6.10 Å². The molecular weight excluding hydrogens is 234 g/mol. The smallest absolute Gasteiger partial charge is 0.222 e. The average Bonchev–Trinajstić information content (AvgIpc) is 2.80. The molecule has 2 N–H and O–H groups in total. The largest absolute Gasteiger partial charge is 0.474 e. The molecule has 1 aromatic heterocycles. The van der Waals surface area contributed by atoms with Gasteiger partial charge in [-0.05, 0) is 32.0 Å². The molecule has 1 aliphatic heterocycles. The first-order chi connectivity index (χ1) is 8.13. The van der Waals surface area contributed by atoms with E-state index in [9.17, 15) is 0 Å². The maximum Gasteiger partial charge on any atom is 0.222 e. The standard InChI is InChI=1S/C12H19N3OS/c1-3-4-5-6-9-7-10-8(2)14-15(12(13)17)11(10)16-9/h9H,3-7H2,1-2H3,(H2,13,17). The van der Waals surface area contributed by atoms with Crippen LogP contribution >= 0.6 is 12.2 Å². The third kappa shape index (κ3) is 2.44. The molecule has 2 heterocycles. The van der Waals surface area contributed by atoms with Gasteiger partial charge in [-0.3, -0.25) is 0 Å². The fourth-order valence-electron chi connectivity index (χ4n) is 2.25. The van der Waals surface area contributed by atoms with Crippen molar-refractivity contribution in [3.05, 3.63) is 11.3 Å². The zero-order valence-corrected chi connectivity index (χ0v) is 11.2. The Morgan fingerprint density at radius 3 is 3.00 bits per heavy atom. The Labute approximate surface area is 107 Å². The highest BCUT2D eigenvalue weighted by Crippen LogP contribution is 2.32. The van der Waals surface area contributed by atoms with E-state index in [1.807, 2.05) is 6.92 Å². The van der Waals surface area contributed by atoms with Crippen LogP contribution in [0.3, 0.4) is 0 Å². The number of ether oxygens (including phenoxy) is 1. The van der Waals surface area contributed by atoms with Gasteiger partial charge in [0.25, 0.3) is 0 Å². The lowest BCUT2D eigenvalue weighted by Crippen LogP contribution is -2.23. The zero-order valence-electron chi connectivity index (χ0n) is 10.4. The van der Waals surface area contributed by atoms with Crippen LogP contribution in [0.4, 0.5) is 0 Å². The molecule has 0 aliphatic carbocycles. The van der Waals surface area contributed by atoms with Crippen molar-refractivity contribution in [3.63, 3.8) is 0 Å². The van der Waals surface area contributed by atoms with Gasteiger partial charge < -0.3 is 10.5 Å². The molecular formula is C12H19N3OS. The van der Waals surface area contributed by atoms with E-state index in [4.69, 9.17) is 22.7 Å². The van der Waals surface area contributed by atoms with Crippen molar-refractivity contribution in [3.8, 4) is 5.88 Å². The van der Waals surface area contributed by atoms with E-state index < -0.39 is 0 Å². The van der Waals surface area contributed by atoms with Crippen LogP contribution in [0.5, 0.6) is 5.88 Å². The summed E-state index contributed by atoms with van der Waals surface area (Å²) in [4.78, 5) is 0. The third-order valence-corrected chi connectivity index (χ3v) is 3.36. The van der Waals surface area contributed by atoms with Crippen LogP contribution in [-0.2, 0) is 6.42 Å². The monoisotopic (exact) mass is 253 g/mol. The van der Waals surface area contributed by atoms with Crippen LogP contribution in [0.1, 0.15) is 43.9 Å². The number of aryl methyl sites for hydroxylation is 1. The summed E-state index contributed by atoms with van der Waals surface area (Å²) in [5, 5.41) is 4.54. The second-order valence-electron chi connectivity index (χ2n) is 4.56. The van der Waals surface area contributed by atoms with Crippen molar-refractivity contribution >= 4 is 17.3 Å². The van der Waals surface area contributed by atoms with Crippen LogP contribution in [0, 0.1) is 6.92 Å². The quantitative estimate of drug-likeness (QED) is 0.660. The summed E-state index contributed by atoms with van der Waals surface area (Å²) >= 11 is 4.96. The third-order valence-electron chi connectivity index (χ3n) is 3.19. The first-order valence-electron chi connectivity index (χ1n) is 6.18. The van der Waals surface area contributed by atoms with E-state index in [1.165, 1.54) is 24.8 Å². The molecule has 0 bridgehead atoms. The number of aromatic nitrogens is 2. The SMILES string of the molecule is CCCCCC1Cc2c(C)nn(C(N)=S)c2O1. The molecule has 1 atom stereocenters. The maximum absolute atomic E-state index is 5.90. The molecule has 94 valence electrons. The van der Waals surface area contributed by atoms with E-state index in [0.29, 0.717) is 0 Å². The molecule has 2 rings (SSSR count). The topological polar surface area (TPSA) is 53.1 Å². The van der Waals surface area contributed by atoms with Gasteiger partial charge in [-0.2, -0.15) is 9.78 Å². The minimum atomic E-state index is 0.253. The Balaban J connectivity index is 2.06. The van der Waals surface area contributed by atoms with E-state index >= 15 is 0 Å². The van der Waals surface area contributed by atoms with Crippen molar-refractivity contribution in [1.82, 2.24) is 9.78 Å². The Morgan fingerprint density at radius 1 is 1.59 bits per heavy atom. The van der Waals surface area contributed by atoms with E-state index in [2.05, 4.69) is 12.0 Å². The molecule has 1 aliphatic rings. The Kier molecular flexibility index (Phi) is 3.66. The minimum Gasteiger partial charge on any atom is -0.474 e. The van der Waals surface area contributed by atoms with Crippen molar-refractivity contribution < 1.29 is 4.74 Å². The Morgan fingerprint density at radius 2 is 2.35 bits per heavy atom. The van der Waals surface area contributed by atoms with Crippen LogP contribution in [-0.4, -0.2) is 21.0 Å². The predicted molar refractivity (Wildman–Crippen MR) is 71.4 cm³/mol. The lowest BCUT2D eigenvalue weighted by Gasteiger charge is -2.11. The molecule has 0 saturated heterocycles. The van der Waals surface area contributed by atoms with Gasteiger partial charge in [-0.15, -0.1) is 0 Å². The predicted octanol–water partition coefficient (Wildman–Crippen LogP) is 2.17. The van der Waals surface area contributed by atoms with Crippen LogP contribution < -0.4 is 10.5 Å². The van der Waals surface area contributed by atoms with E-state index in [1.54, 1.807) is 4.68 Å². The number of rotatable bonds is 4. The summed E-state index contributed by atoms with van der Waals surface area (Å²) in [5.74, 6) is 0.761. The molecule has 17 heavy (non-hydrogen) atoms. The summed E-state index contributed by atoms with van der Waals surface area (Å²) in [6.45, 7) is 4.19. The highest BCUT2D eigenvalue weighted by atomic mass is 32.1. The highest BCUT2D eigenvalue weighted by molar-refractivity contribution is 7.80. The first kappa shape index (κ1) is 12.4. The summed E-state index contributed by atoms with van der Waals surface area (Å²) in [6, 6.07) is 0. The molecule has 0 amide bonds. The van der Waals surface area contributed by atoms with Crippen molar-refractivity contribution in [2.24, 2.45) is 5.73 Å². The molecule has 0 saturated carbocycles. The molecule has 0 aromatic carbocycles. The van der Waals surface area contributed by atoms with Crippen LogP contribution in [0.15, 0.2) is 0 Å². The average molecular weight is 253 g/mol.